The van der Waals surface area contributed by atoms with Gasteiger partial charge in [-0.25, -0.2) is 4.39 Å². The Bertz CT molecular complexity index is 562. The van der Waals surface area contributed by atoms with Gasteiger partial charge in [-0.15, -0.1) is 0 Å². The molecule has 0 unspecified atom stereocenters. The van der Waals surface area contributed by atoms with Crippen molar-refractivity contribution in [1.29, 1.82) is 0 Å². The second kappa shape index (κ2) is 4.92. The molecule has 0 fully saturated rings. The summed E-state index contributed by atoms with van der Waals surface area (Å²) < 4.78 is 13.9. The number of carbonyl (C=O) groups is 2. The number of hydrogen-bond donors (Lipinski definition) is 0. The normalized spacial score (nSPS) is 10.1. The smallest absolute Gasteiger partial charge is 0.150 e. The number of halogens is 1. The molecule has 2 aromatic carbocycles. The van der Waals surface area contributed by atoms with Crippen LogP contribution in [-0.2, 0) is 0 Å². The lowest BCUT2D eigenvalue weighted by Crippen LogP contribution is -1.98. The van der Waals surface area contributed by atoms with Gasteiger partial charge in [0.05, 0.1) is 0 Å². The van der Waals surface area contributed by atoms with E-state index in [1.165, 1.54) is 18.2 Å². The van der Waals surface area contributed by atoms with E-state index in [0.29, 0.717) is 23.7 Å². The number of carbonyl (C=O) groups excluding carboxylic acids is 2. The molecular formula is C15H11FO2. The van der Waals surface area contributed by atoms with E-state index in [1.807, 2.05) is 0 Å². The summed E-state index contributed by atoms with van der Waals surface area (Å²) >= 11 is 0. The Labute approximate surface area is 104 Å². The third-order valence-electron chi connectivity index (χ3n) is 2.85. The standard InChI is InChI=1S/C15H11FO2/c1-10-4-2-5-11(8-17)14(10)15-12(9-18)6-3-7-13(15)16/h2-9H,1H3. The van der Waals surface area contributed by atoms with Gasteiger partial charge in [-0.2, -0.15) is 0 Å². The minimum atomic E-state index is -0.503. The first-order chi connectivity index (χ1) is 8.69. The third kappa shape index (κ3) is 1.95. The first-order valence-electron chi connectivity index (χ1n) is 5.48. The predicted molar refractivity (Wildman–Crippen MR) is 67.3 cm³/mol. The van der Waals surface area contributed by atoms with Crippen molar-refractivity contribution in [2.45, 2.75) is 6.92 Å². The van der Waals surface area contributed by atoms with Gasteiger partial charge in [0.15, 0.2) is 12.6 Å². The molecule has 2 rings (SSSR count). The Balaban J connectivity index is 2.84. The summed E-state index contributed by atoms with van der Waals surface area (Å²) in [6, 6.07) is 9.40. The molecule has 0 aliphatic heterocycles. The van der Waals surface area contributed by atoms with Gasteiger partial charge < -0.3 is 0 Å². The Morgan fingerprint density at radius 3 is 2.06 bits per heavy atom. The maximum atomic E-state index is 13.9. The minimum absolute atomic E-state index is 0.188. The van der Waals surface area contributed by atoms with Gasteiger partial charge in [0.25, 0.3) is 0 Å². The molecule has 0 spiro atoms. The van der Waals surface area contributed by atoms with Crippen molar-refractivity contribution >= 4 is 12.6 Å². The highest BCUT2D eigenvalue weighted by atomic mass is 19.1. The summed E-state index contributed by atoms with van der Waals surface area (Å²) in [4.78, 5) is 22.1. The average Bonchev–Trinajstić information content (AvgIpc) is 2.38. The zero-order valence-corrected chi connectivity index (χ0v) is 9.81. The van der Waals surface area contributed by atoms with Crippen LogP contribution in [-0.4, -0.2) is 12.6 Å². The summed E-state index contributed by atoms with van der Waals surface area (Å²) in [5.74, 6) is -0.503. The van der Waals surface area contributed by atoms with Gasteiger partial charge in [-0.05, 0) is 24.1 Å². The van der Waals surface area contributed by atoms with E-state index < -0.39 is 5.82 Å². The quantitative estimate of drug-likeness (QED) is 0.773. The van der Waals surface area contributed by atoms with Crippen LogP contribution in [0.3, 0.4) is 0 Å². The van der Waals surface area contributed by atoms with Crippen LogP contribution in [0.1, 0.15) is 26.3 Å². The first kappa shape index (κ1) is 12.2. The van der Waals surface area contributed by atoms with Crippen LogP contribution in [0.25, 0.3) is 11.1 Å². The second-order valence-corrected chi connectivity index (χ2v) is 3.98. The molecule has 0 atom stereocenters. The van der Waals surface area contributed by atoms with Crippen molar-refractivity contribution < 1.29 is 14.0 Å². The van der Waals surface area contributed by atoms with Crippen LogP contribution >= 0.6 is 0 Å². The highest BCUT2D eigenvalue weighted by Gasteiger charge is 2.15. The molecule has 0 bridgehead atoms. The van der Waals surface area contributed by atoms with E-state index in [9.17, 15) is 14.0 Å². The van der Waals surface area contributed by atoms with Gasteiger partial charge in [0.1, 0.15) is 5.82 Å². The molecular weight excluding hydrogens is 231 g/mol. The van der Waals surface area contributed by atoms with E-state index in [0.717, 1.165) is 5.56 Å². The lowest BCUT2D eigenvalue weighted by atomic mass is 9.92. The van der Waals surface area contributed by atoms with E-state index in [4.69, 9.17) is 0 Å². The number of hydrogen-bond acceptors (Lipinski definition) is 2. The molecule has 0 heterocycles. The van der Waals surface area contributed by atoms with E-state index in [2.05, 4.69) is 0 Å². The molecule has 0 aromatic heterocycles. The molecule has 2 nitrogen and oxygen atoms in total. The van der Waals surface area contributed by atoms with Gasteiger partial charge in [0, 0.05) is 16.7 Å². The van der Waals surface area contributed by atoms with Crippen LogP contribution in [0.4, 0.5) is 4.39 Å². The van der Waals surface area contributed by atoms with Gasteiger partial charge in [-0.3, -0.25) is 9.59 Å². The highest BCUT2D eigenvalue weighted by molar-refractivity contribution is 5.95. The van der Waals surface area contributed by atoms with Gasteiger partial charge >= 0.3 is 0 Å². The summed E-state index contributed by atoms with van der Waals surface area (Å²) in [6.07, 6.45) is 1.27. The summed E-state index contributed by atoms with van der Waals surface area (Å²) in [5, 5.41) is 0. The molecule has 0 amide bonds. The maximum Gasteiger partial charge on any atom is 0.150 e. The van der Waals surface area contributed by atoms with Crippen molar-refractivity contribution in [3.05, 3.63) is 58.9 Å². The van der Waals surface area contributed by atoms with Crippen LogP contribution < -0.4 is 0 Å². The molecule has 18 heavy (non-hydrogen) atoms. The number of aryl methyl sites for hydroxylation is 1. The van der Waals surface area contributed by atoms with Crippen molar-refractivity contribution in [1.82, 2.24) is 0 Å². The molecule has 0 radical (unpaired) electrons. The first-order valence-corrected chi connectivity index (χ1v) is 5.48. The predicted octanol–water partition coefficient (Wildman–Crippen LogP) is 3.43. The number of rotatable bonds is 3. The molecule has 0 saturated carbocycles. The summed E-state index contributed by atoms with van der Waals surface area (Å²) in [7, 11) is 0. The Kier molecular flexibility index (Phi) is 3.33. The Hall–Kier alpha value is -2.29. The summed E-state index contributed by atoms with van der Waals surface area (Å²) in [6.45, 7) is 1.78. The van der Waals surface area contributed by atoms with Gasteiger partial charge in [0.2, 0.25) is 0 Å². The maximum absolute atomic E-state index is 13.9. The lowest BCUT2D eigenvalue weighted by Gasteiger charge is -2.12. The largest absolute Gasteiger partial charge is 0.298 e. The van der Waals surface area contributed by atoms with E-state index >= 15 is 0 Å². The SMILES string of the molecule is Cc1cccc(C=O)c1-c1c(F)cccc1C=O. The Morgan fingerprint density at radius 1 is 0.889 bits per heavy atom. The van der Waals surface area contributed by atoms with E-state index in [-0.39, 0.29) is 11.1 Å². The zero-order chi connectivity index (χ0) is 13.1. The van der Waals surface area contributed by atoms with E-state index in [1.54, 1.807) is 25.1 Å². The fourth-order valence-corrected chi connectivity index (χ4v) is 2.03. The van der Waals surface area contributed by atoms with Crippen molar-refractivity contribution in [3.8, 4) is 11.1 Å². The number of aldehydes is 2. The van der Waals surface area contributed by atoms with Gasteiger partial charge in [-0.1, -0.05) is 30.3 Å². The van der Waals surface area contributed by atoms with Crippen molar-refractivity contribution in [3.63, 3.8) is 0 Å². The molecule has 0 saturated heterocycles. The molecule has 0 N–H and O–H groups in total. The van der Waals surface area contributed by atoms with Crippen LogP contribution in [0, 0.1) is 12.7 Å². The second-order valence-electron chi connectivity index (χ2n) is 3.98. The monoisotopic (exact) mass is 242 g/mol. The molecule has 90 valence electrons. The lowest BCUT2D eigenvalue weighted by molar-refractivity contribution is 0.111. The minimum Gasteiger partial charge on any atom is -0.298 e. The summed E-state index contributed by atoms with van der Waals surface area (Å²) in [5.41, 5.74) is 2.05. The average molecular weight is 242 g/mol. The molecule has 3 heteroatoms. The number of benzene rings is 2. The van der Waals surface area contributed by atoms with Crippen molar-refractivity contribution in [2.75, 3.05) is 0 Å². The third-order valence-corrected chi connectivity index (χ3v) is 2.85. The zero-order valence-electron chi connectivity index (χ0n) is 9.81. The molecule has 2 aromatic rings. The molecule has 0 aliphatic rings. The topological polar surface area (TPSA) is 34.1 Å². The van der Waals surface area contributed by atoms with Crippen molar-refractivity contribution in [2.24, 2.45) is 0 Å². The highest BCUT2D eigenvalue weighted by Crippen LogP contribution is 2.31. The molecule has 0 aliphatic carbocycles. The Morgan fingerprint density at radius 2 is 1.44 bits per heavy atom. The van der Waals surface area contributed by atoms with Crippen LogP contribution in [0.15, 0.2) is 36.4 Å². The van der Waals surface area contributed by atoms with Crippen LogP contribution in [0.2, 0.25) is 0 Å². The fourth-order valence-electron chi connectivity index (χ4n) is 2.03. The fraction of sp³-hybridized carbons (Fsp3) is 0.0667. The van der Waals surface area contributed by atoms with Crippen LogP contribution in [0.5, 0.6) is 0 Å².